The van der Waals surface area contributed by atoms with Gasteiger partial charge in [-0.15, -0.1) is 0 Å². The molecule has 180 valence electrons. The number of amides is 3. The van der Waals surface area contributed by atoms with Crippen LogP contribution in [0.25, 0.3) is 0 Å². The van der Waals surface area contributed by atoms with E-state index in [1.807, 2.05) is 30.3 Å². The van der Waals surface area contributed by atoms with Crippen LogP contribution in [-0.4, -0.2) is 68.2 Å². The van der Waals surface area contributed by atoms with E-state index in [9.17, 15) is 14.4 Å². The van der Waals surface area contributed by atoms with Crippen molar-refractivity contribution in [2.75, 3.05) is 38.0 Å². The molecule has 9 nitrogen and oxygen atoms in total. The van der Waals surface area contributed by atoms with E-state index >= 15 is 0 Å². The van der Waals surface area contributed by atoms with E-state index < -0.39 is 0 Å². The molecule has 2 aromatic carbocycles. The number of ether oxygens (including phenoxy) is 3. The Morgan fingerprint density at radius 3 is 2.59 bits per heavy atom. The van der Waals surface area contributed by atoms with Gasteiger partial charge in [0.1, 0.15) is 25.1 Å². The second kappa shape index (κ2) is 10.7. The summed E-state index contributed by atoms with van der Waals surface area (Å²) in [6, 6.07) is 14.1. The Morgan fingerprint density at radius 1 is 1.06 bits per heavy atom. The molecule has 0 spiro atoms. The summed E-state index contributed by atoms with van der Waals surface area (Å²) in [4.78, 5) is 39.2. The number of hydrogen-bond acceptors (Lipinski definition) is 6. The van der Waals surface area contributed by atoms with Crippen LogP contribution in [-0.2, 0) is 19.1 Å². The number of rotatable bonds is 6. The maximum Gasteiger partial charge on any atom is 0.257 e. The minimum absolute atomic E-state index is 0.0763. The van der Waals surface area contributed by atoms with E-state index in [-0.39, 0.29) is 55.6 Å². The summed E-state index contributed by atoms with van der Waals surface area (Å²) in [7, 11) is 3.19. The van der Waals surface area contributed by atoms with Crippen LogP contribution in [0, 0.1) is 0 Å². The second-order valence-corrected chi connectivity index (χ2v) is 8.48. The van der Waals surface area contributed by atoms with Crippen LogP contribution in [0.5, 0.6) is 5.75 Å². The van der Waals surface area contributed by atoms with Crippen LogP contribution in [0.3, 0.4) is 0 Å². The van der Waals surface area contributed by atoms with E-state index in [0.717, 1.165) is 5.69 Å². The Hall–Kier alpha value is -3.43. The number of para-hydroxylation sites is 1. The quantitative estimate of drug-likeness (QED) is 0.677. The van der Waals surface area contributed by atoms with Gasteiger partial charge in [0.05, 0.1) is 24.1 Å². The molecule has 0 unspecified atom stereocenters. The Balaban J connectivity index is 1.42. The van der Waals surface area contributed by atoms with Crippen LogP contribution < -0.4 is 15.4 Å². The molecule has 3 atom stereocenters. The first kappa shape index (κ1) is 23.7. The molecular weight excluding hydrogens is 438 g/mol. The number of likely N-dealkylation sites (N-methyl/N-ethyl adjacent to an activating group) is 1. The van der Waals surface area contributed by atoms with Gasteiger partial charge in [-0.1, -0.05) is 18.2 Å². The minimum atomic E-state index is -0.355. The average molecular weight is 468 g/mol. The normalized spacial score (nSPS) is 21.9. The molecule has 2 heterocycles. The maximum absolute atomic E-state index is 13.3. The summed E-state index contributed by atoms with van der Waals surface area (Å²) in [6.45, 7) is 0.175. The fraction of sp³-hybridized carbons (Fsp3) is 0.400. The number of nitrogens with zero attached hydrogens (tertiary/aromatic N) is 1. The van der Waals surface area contributed by atoms with Gasteiger partial charge in [-0.25, -0.2) is 0 Å². The third kappa shape index (κ3) is 5.55. The van der Waals surface area contributed by atoms with Gasteiger partial charge in [-0.05, 0) is 43.2 Å². The summed E-state index contributed by atoms with van der Waals surface area (Å²) in [5.74, 6) is -0.207. The summed E-state index contributed by atoms with van der Waals surface area (Å²) in [5.41, 5.74) is 1.61. The average Bonchev–Trinajstić information content (AvgIpc) is 2.82. The smallest absolute Gasteiger partial charge is 0.257 e. The van der Waals surface area contributed by atoms with Crippen molar-refractivity contribution in [2.24, 2.45) is 0 Å². The van der Waals surface area contributed by atoms with E-state index in [0.29, 0.717) is 29.8 Å². The molecule has 1 fully saturated rings. The number of hydrogen-bond donors (Lipinski definition) is 2. The van der Waals surface area contributed by atoms with Crippen molar-refractivity contribution in [3.8, 4) is 5.75 Å². The molecule has 34 heavy (non-hydrogen) atoms. The first-order valence-corrected chi connectivity index (χ1v) is 11.3. The van der Waals surface area contributed by atoms with Crippen molar-refractivity contribution in [3.63, 3.8) is 0 Å². The van der Waals surface area contributed by atoms with Gasteiger partial charge in [0.15, 0.2) is 0 Å². The Labute approximate surface area is 198 Å². The molecule has 2 aliphatic rings. The number of fused-ring (bicyclic) bond motifs is 2. The Morgan fingerprint density at radius 2 is 1.82 bits per heavy atom. The zero-order chi connectivity index (χ0) is 24.1. The van der Waals surface area contributed by atoms with Crippen LogP contribution >= 0.6 is 0 Å². The lowest BCUT2D eigenvalue weighted by molar-refractivity contribution is -0.130. The van der Waals surface area contributed by atoms with Gasteiger partial charge in [0.2, 0.25) is 11.8 Å². The summed E-state index contributed by atoms with van der Waals surface area (Å²) in [5, 5.41) is 5.60. The van der Waals surface area contributed by atoms with Gasteiger partial charge in [0.25, 0.3) is 5.91 Å². The van der Waals surface area contributed by atoms with Gasteiger partial charge in [0, 0.05) is 25.5 Å². The predicted molar refractivity (Wildman–Crippen MR) is 126 cm³/mol. The predicted octanol–water partition coefficient (Wildman–Crippen LogP) is 2.68. The number of benzene rings is 2. The lowest BCUT2D eigenvalue weighted by Gasteiger charge is -2.42. The van der Waals surface area contributed by atoms with Gasteiger partial charge in [-0.2, -0.15) is 0 Å². The molecule has 4 rings (SSSR count). The monoisotopic (exact) mass is 467 g/mol. The fourth-order valence-corrected chi connectivity index (χ4v) is 4.37. The minimum Gasteiger partial charge on any atom is -0.490 e. The number of carbonyl (C=O) groups excluding carboxylic acids is 3. The molecule has 0 bridgehead atoms. The molecule has 0 aliphatic carbocycles. The highest BCUT2D eigenvalue weighted by atomic mass is 16.5. The zero-order valence-corrected chi connectivity index (χ0v) is 19.3. The first-order valence-electron chi connectivity index (χ1n) is 11.3. The van der Waals surface area contributed by atoms with Gasteiger partial charge >= 0.3 is 0 Å². The van der Waals surface area contributed by atoms with Crippen LogP contribution in [0.1, 0.15) is 29.6 Å². The molecule has 0 aromatic heterocycles. The van der Waals surface area contributed by atoms with Gasteiger partial charge in [-0.3, -0.25) is 14.4 Å². The Kier molecular flexibility index (Phi) is 7.44. The lowest BCUT2D eigenvalue weighted by atomic mass is 9.94. The SMILES string of the molecule is COCC(=O)Nc1ccc2c(c1)C(=O)N(C)[C@H]1CC[C@H](CC(=O)Nc3ccccc3)O[C@@H]1CO2. The van der Waals surface area contributed by atoms with Crippen LogP contribution in [0.4, 0.5) is 11.4 Å². The largest absolute Gasteiger partial charge is 0.490 e. The number of anilines is 2. The zero-order valence-electron chi connectivity index (χ0n) is 19.3. The lowest BCUT2D eigenvalue weighted by Crippen LogP contribution is -2.53. The standard InChI is InChI=1S/C25H29N3O6/c1-28-20-10-9-18(13-23(29)26-16-6-4-3-5-7-16)34-22(20)14-33-21-11-8-17(12-19(21)25(28)31)27-24(30)15-32-2/h3-8,11-12,18,20,22H,9-10,13-15H2,1-2H3,(H,26,29)(H,27,30)/t18-,20+,22-/m1/s1. The van der Waals surface area contributed by atoms with Crippen molar-refractivity contribution in [3.05, 3.63) is 54.1 Å². The third-order valence-electron chi connectivity index (χ3n) is 6.04. The summed E-state index contributed by atoms with van der Waals surface area (Å²) < 4.78 is 17.0. The molecule has 0 radical (unpaired) electrons. The third-order valence-corrected chi connectivity index (χ3v) is 6.04. The highest BCUT2D eigenvalue weighted by Crippen LogP contribution is 2.32. The molecule has 1 saturated heterocycles. The summed E-state index contributed by atoms with van der Waals surface area (Å²) in [6.07, 6.45) is 0.970. The number of nitrogens with one attached hydrogen (secondary N) is 2. The maximum atomic E-state index is 13.3. The molecular formula is C25H29N3O6. The van der Waals surface area contributed by atoms with E-state index in [1.54, 1.807) is 30.1 Å². The highest BCUT2D eigenvalue weighted by Gasteiger charge is 2.39. The van der Waals surface area contributed by atoms with E-state index in [1.165, 1.54) is 7.11 Å². The van der Waals surface area contributed by atoms with Crippen molar-refractivity contribution in [1.82, 2.24) is 4.90 Å². The van der Waals surface area contributed by atoms with Crippen molar-refractivity contribution in [1.29, 1.82) is 0 Å². The van der Waals surface area contributed by atoms with Crippen molar-refractivity contribution < 1.29 is 28.6 Å². The molecule has 2 N–H and O–H groups in total. The van der Waals surface area contributed by atoms with Crippen molar-refractivity contribution >= 4 is 29.1 Å². The molecule has 9 heteroatoms. The van der Waals surface area contributed by atoms with E-state index in [2.05, 4.69) is 10.6 Å². The Bertz CT molecular complexity index is 1040. The first-order chi connectivity index (χ1) is 16.4. The van der Waals surface area contributed by atoms with Gasteiger partial charge < -0.3 is 29.7 Å². The summed E-state index contributed by atoms with van der Waals surface area (Å²) >= 11 is 0. The molecule has 2 aromatic rings. The molecule has 0 saturated carbocycles. The van der Waals surface area contributed by atoms with Crippen molar-refractivity contribution in [2.45, 2.75) is 37.5 Å². The second-order valence-electron chi connectivity index (χ2n) is 8.48. The molecule has 3 amide bonds. The highest BCUT2D eigenvalue weighted by molar-refractivity contribution is 6.00. The number of methoxy groups -OCH3 is 1. The number of carbonyl (C=O) groups is 3. The molecule has 2 aliphatic heterocycles. The van der Waals surface area contributed by atoms with Crippen LogP contribution in [0.2, 0.25) is 0 Å². The van der Waals surface area contributed by atoms with E-state index in [4.69, 9.17) is 14.2 Å². The topological polar surface area (TPSA) is 106 Å². The van der Waals surface area contributed by atoms with Crippen LogP contribution in [0.15, 0.2) is 48.5 Å². The fourth-order valence-electron chi connectivity index (χ4n) is 4.37.